The van der Waals surface area contributed by atoms with Crippen molar-refractivity contribution in [3.05, 3.63) is 70.8 Å². The van der Waals surface area contributed by atoms with Crippen molar-refractivity contribution in [1.82, 2.24) is 5.32 Å². The van der Waals surface area contributed by atoms with E-state index in [4.69, 9.17) is 0 Å². The summed E-state index contributed by atoms with van der Waals surface area (Å²) >= 11 is 0. The molecule has 0 spiro atoms. The standard InChI is InChI=1S/C19H13NO3/c21-9-19-12-7-3-1-5-10(12)14(11-6-2-4-8-13(11)19)15-16(19)18(23)20-17(15)22/h1-9,14-16H,(H,20,22,23)/t14?,15-,16+,19?/m0/s1. The van der Waals surface area contributed by atoms with Gasteiger partial charge in [-0.1, -0.05) is 48.5 Å². The molecule has 1 aliphatic heterocycles. The number of carbonyl (C=O) groups excluding carboxylic acids is 3. The largest absolute Gasteiger partial charge is 0.302 e. The average molecular weight is 303 g/mol. The molecule has 4 nitrogen and oxygen atoms in total. The molecule has 1 saturated heterocycles. The van der Waals surface area contributed by atoms with Crippen LogP contribution in [0, 0.1) is 11.8 Å². The molecule has 0 saturated carbocycles. The van der Waals surface area contributed by atoms with Crippen LogP contribution in [0.5, 0.6) is 0 Å². The van der Waals surface area contributed by atoms with Gasteiger partial charge in [-0.3, -0.25) is 14.9 Å². The second-order valence-electron chi connectivity index (χ2n) is 6.50. The lowest BCUT2D eigenvalue weighted by atomic mass is 9.48. The van der Waals surface area contributed by atoms with Gasteiger partial charge in [-0.05, 0) is 22.3 Å². The van der Waals surface area contributed by atoms with Crippen molar-refractivity contribution in [2.45, 2.75) is 11.3 Å². The first kappa shape index (κ1) is 12.8. The molecule has 4 aliphatic rings. The number of hydrogen-bond acceptors (Lipinski definition) is 3. The molecule has 1 fully saturated rings. The van der Waals surface area contributed by atoms with Gasteiger partial charge >= 0.3 is 0 Å². The van der Waals surface area contributed by atoms with E-state index in [-0.39, 0.29) is 17.7 Å². The summed E-state index contributed by atoms with van der Waals surface area (Å²) in [6.45, 7) is 0. The lowest BCUT2D eigenvalue weighted by Gasteiger charge is -2.51. The quantitative estimate of drug-likeness (QED) is 0.642. The Morgan fingerprint density at radius 3 is 2.00 bits per heavy atom. The molecule has 1 heterocycles. The van der Waals surface area contributed by atoms with Crippen LogP contribution in [0.4, 0.5) is 0 Å². The van der Waals surface area contributed by atoms with E-state index in [1.807, 2.05) is 48.5 Å². The van der Waals surface area contributed by atoms with Gasteiger partial charge in [0.05, 0.1) is 17.3 Å². The molecule has 23 heavy (non-hydrogen) atoms. The molecule has 0 aromatic heterocycles. The third-order valence-corrected chi connectivity index (χ3v) is 5.71. The summed E-state index contributed by atoms with van der Waals surface area (Å²) in [6, 6.07) is 15.4. The fourth-order valence-corrected chi connectivity index (χ4v) is 4.96. The molecule has 4 heteroatoms. The van der Waals surface area contributed by atoms with Crippen molar-refractivity contribution in [3.63, 3.8) is 0 Å². The average Bonchev–Trinajstić information content (AvgIpc) is 2.90. The first-order chi connectivity index (χ1) is 11.2. The van der Waals surface area contributed by atoms with E-state index in [0.717, 1.165) is 28.5 Å². The Labute approximate surface area is 132 Å². The number of rotatable bonds is 1. The molecule has 2 aromatic carbocycles. The first-order valence-electron chi connectivity index (χ1n) is 7.70. The van der Waals surface area contributed by atoms with Crippen molar-refractivity contribution >= 4 is 18.1 Å². The van der Waals surface area contributed by atoms with Crippen LogP contribution in [0.15, 0.2) is 48.5 Å². The van der Waals surface area contributed by atoms with Crippen molar-refractivity contribution < 1.29 is 14.4 Å². The summed E-state index contributed by atoms with van der Waals surface area (Å²) in [5.41, 5.74) is 2.64. The molecule has 3 aliphatic carbocycles. The number of benzene rings is 2. The molecular weight excluding hydrogens is 290 g/mol. The van der Waals surface area contributed by atoms with Gasteiger partial charge in [-0.15, -0.1) is 0 Å². The third-order valence-electron chi connectivity index (χ3n) is 5.71. The Morgan fingerprint density at radius 1 is 0.870 bits per heavy atom. The highest BCUT2D eigenvalue weighted by Gasteiger charge is 2.66. The minimum Gasteiger partial charge on any atom is -0.302 e. The fraction of sp³-hybridized carbons (Fsp3) is 0.211. The Bertz CT molecular complexity index is 853. The van der Waals surface area contributed by atoms with Gasteiger partial charge in [-0.25, -0.2) is 0 Å². The van der Waals surface area contributed by atoms with Crippen LogP contribution in [0.25, 0.3) is 0 Å². The van der Waals surface area contributed by atoms with Crippen LogP contribution in [0.2, 0.25) is 0 Å². The molecule has 0 unspecified atom stereocenters. The zero-order valence-electron chi connectivity index (χ0n) is 12.2. The van der Waals surface area contributed by atoms with Gasteiger partial charge in [0.25, 0.3) is 0 Å². The highest BCUT2D eigenvalue weighted by molar-refractivity contribution is 6.10. The van der Waals surface area contributed by atoms with E-state index in [9.17, 15) is 14.4 Å². The van der Waals surface area contributed by atoms with Gasteiger partial charge in [0.2, 0.25) is 11.8 Å². The summed E-state index contributed by atoms with van der Waals surface area (Å²) in [5.74, 6) is -1.91. The molecule has 2 amide bonds. The molecule has 1 N–H and O–H groups in total. The molecule has 2 aromatic rings. The Balaban J connectivity index is 1.97. The number of hydrogen-bond donors (Lipinski definition) is 1. The van der Waals surface area contributed by atoms with Crippen LogP contribution in [0.3, 0.4) is 0 Å². The van der Waals surface area contributed by atoms with E-state index in [1.165, 1.54) is 0 Å². The Morgan fingerprint density at radius 2 is 1.43 bits per heavy atom. The van der Waals surface area contributed by atoms with Crippen LogP contribution >= 0.6 is 0 Å². The maximum Gasteiger partial charge on any atom is 0.232 e. The Kier molecular flexibility index (Phi) is 2.20. The predicted octanol–water partition coefficient (Wildman–Crippen LogP) is 1.52. The van der Waals surface area contributed by atoms with Crippen molar-refractivity contribution in [2.75, 3.05) is 0 Å². The molecule has 0 radical (unpaired) electrons. The van der Waals surface area contributed by atoms with Gasteiger partial charge in [0.15, 0.2) is 0 Å². The van der Waals surface area contributed by atoms with E-state index in [2.05, 4.69) is 5.32 Å². The molecule has 2 bridgehead atoms. The topological polar surface area (TPSA) is 63.2 Å². The fourth-order valence-electron chi connectivity index (χ4n) is 4.96. The minimum absolute atomic E-state index is 0.166. The number of imide groups is 1. The van der Waals surface area contributed by atoms with E-state index in [0.29, 0.717) is 0 Å². The highest BCUT2D eigenvalue weighted by Crippen LogP contribution is 2.61. The number of amides is 2. The zero-order chi connectivity index (χ0) is 15.8. The van der Waals surface area contributed by atoms with Crippen molar-refractivity contribution in [1.29, 1.82) is 0 Å². The number of carbonyl (C=O) groups is 3. The van der Waals surface area contributed by atoms with Gasteiger partial charge in [0.1, 0.15) is 6.29 Å². The monoisotopic (exact) mass is 303 g/mol. The predicted molar refractivity (Wildman–Crippen MR) is 81.7 cm³/mol. The number of nitrogens with one attached hydrogen (secondary N) is 1. The summed E-state index contributed by atoms with van der Waals surface area (Å²) in [7, 11) is 0. The van der Waals surface area contributed by atoms with Crippen LogP contribution < -0.4 is 5.32 Å². The SMILES string of the molecule is O=CC12c3ccccc3C(c3ccccc31)[C@@H]1C(=O)NC(=O)[C@@H]12. The smallest absolute Gasteiger partial charge is 0.232 e. The summed E-state index contributed by atoms with van der Waals surface area (Å²) in [4.78, 5) is 37.3. The lowest BCUT2D eigenvalue weighted by Crippen LogP contribution is -2.54. The molecular formula is C19H13NO3. The molecule has 112 valence electrons. The zero-order valence-corrected chi connectivity index (χ0v) is 12.2. The van der Waals surface area contributed by atoms with E-state index in [1.54, 1.807) is 0 Å². The maximum atomic E-state index is 12.5. The first-order valence-corrected chi connectivity index (χ1v) is 7.70. The second kappa shape index (κ2) is 3.96. The normalized spacial score (nSPS) is 32.8. The Hall–Kier alpha value is -2.75. The second-order valence-corrected chi connectivity index (χ2v) is 6.50. The molecule has 6 rings (SSSR count). The summed E-state index contributed by atoms with van der Waals surface area (Å²) in [5, 5.41) is 2.45. The van der Waals surface area contributed by atoms with Crippen molar-refractivity contribution in [2.24, 2.45) is 11.8 Å². The lowest BCUT2D eigenvalue weighted by molar-refractivity contribution is -0.129. The van der Waals surface area contributed by atoms with Gasteiger partial charge in [0, 0.05) is 5.92 Å². The van der Waals surface area contributed by atoms with Gasteiger partial charge < -0.3 is 4.79 Å². The van der Waals surface area contributed by atoms with E-state index >= 15 is 0 Å². The van der Waals surface area contributed by atoms with Crippen molar-refractivity contribution in [3.8, 4) is 0 Å². The third kappa shape index (κ3) is 1.23. The van der Waals surface area contributed by atoms with E-state index < -0.39 is 17.3 Å². The van der Waals surface area contributed by atoms with Crippen LogP contribution in [0.1, 0.15) is 28.2 Å². The molecule has 2 atom stereocenters. The van der Waals surface area contributed by atoms with Crippen LogP contribution in [-0.2, 0) is 19.8 Å². The maximum absolute atomic E-state index is 12.5. The summed E-state index contributed by atoms with van der Waals surface area (Å²) < 4.78 is 0. The highest BCUT2D eigenvalue weighted by atomic mass is 16.2. The van der Waals surface area contributed by atoms with Crippen LogP contribution in [-0.4, -0.2) is 18.1 Å². The van der Waals surface area contributed by atoms with Gasteiger partial charge in [-0.2, -0.15) is 0 Å². The minimum atomic E-state index is -1.07. The number of aldehydes is 1. The summed E-state index contributed by atoms with van der Waals surface area (Å²) in [6.07, 6.45) is 0.871.